The summed E-state index contributed by atoms with van der Waals surface area (Å²) in [6.07, 6.45) is -1.53. The molecule has 0 bridgehead atoms. The van der Waals surface area contributed by atoms with Crippen LogP contribution in [0.5, 0.6) is 0 Å². The number of anilines is 2. The van der Waals surface area contributed by atoms with Gasteiger partial charge in [-0.2, -0.15) is 4.31 Å². The largest absolute Gasteiger partial charge is 0.384 e. The summed E-state index contributed by atoms with van der Waals surface area (Å²) >= 11 is 0. The molecule has 2 amide bonds. The molecular weight excluding hydrogens is 474 g/mol. The van der Waals surface area contributed by atoms with Gasteiger partial charge in [-0.25, -0.2) is 8.42 Å². The van der Waals surface area contributed by atoms with Gasteiger partial charge in [0.1, 0.15) is 5.84 Å². The van der Waals surface area contributed by atoms with Gasteiger partial charge in [-0.15, -0.1) is 0 Å². The Bertz CT molecular complexity index is 1210. The molecule has 0 radical (unpaired) electrons. The fourth-order valence-electron chi connectivity index (χ4n) is 4.05. The number of sulfonamides is 1. The van der Waals surface area contributed by atoms with E-state index in [0.717, 1.165) is 12.8 Å². The second kappa shape index (κ2) is 10.1. The number of nitrogens with zero attached hydrogens (tertiary/aromatic N) is 2. The van der Waals surface area contributed by atoms with Crippen LogP contribution in [0.1, 0.15) is 18.4 Å². The number of nitrogens with two attached hydrogens (primary N) is 1. The standard InChI is InChI=1S/C23H27N5O6S/c24-21(25)15-3-5-16(6-4-15)26-22(30)19(29)20-23(31)28(13-14-34-20)17-7-9-18(10-8-17)35(32,33)27-11-1-2-12-27/h3-10,19-20,29H,1-2,11-14H2,(H3,24,25)(H,26,30)/t19?,20-/m1/s1. The Morgan fingerprint density at radius 1 is 1.09 bits per heavy atom. The lowest BCUT2D eigenvalue weighted by Gasteiger charge is -2.34. The molecule has 0 saturated carbocycles. The highest BCUT2D eigenvalue weighted by Crippen LogP contribution is 2.26. The van der Waals surface area contributed by atoms with Crippen molar-refractivity contribution in [1.29, 1.82) is 5.41 Å². The van der Waals surface area contributed by atoms with Crippen molar-refractivity contribution in [2.24, 2.45) is 5.73 Å². The first kappa shape index (κ1) is 24.8. The number of rotatable bonds is 7. The van der Waals surface area contributed by atoms with Crippen LogP contribution in [0.25, 0.3) is 0 Å². The SMILES string of the molecule is N=C(N)c1ccc(NC(=O)C(O)[C@H]2OCCN(c3ccc(S(=O)(=O)N4CCCC4)cc3)C2=O)cc1. The molecular formula is C23H27N5O6S. The number of nitrogen functional groups attached to an aromatic ring is 1. The molecule has 4 rings (SSSR count). The van der Waals surface area contributed by atoms with Crippen LogP contribution in [0.15, 0.2) is 53.4 Å². The summed E-state index contributed by atoms with van der Waals surface area (Å²) in [7, 11) is -3.58. The Balaban J connectivity index is 1.43. The normalized spacial score (nSPS) is 20.0. The first-order chi connectivity index (χ1) is 16.7. The lowest BCUT2D eigenvalue weighted by atomic mass is 10.1. The molecule has 2 saturated heterocycles. The summed E-state index contributed by atoms with van der Waals surface area (Å²) in [5, 5.41) is 20.4. The van der Waals surface area contributed by atoms with Crippen molar-refractivity contribution in [2.75, 3.05) is 36.5 Å². The van der Waals surface area contributed by atoms with Gasteiger partial charge in [0.05, 0.1) is 11.5 Å². The number of aliphatic hydroxyl groups is 1. The average Bonchev–Trinajstić information content (AvgIpc) is 3.40. The number of carbonyl (C=O) groups excluding carboxylic acids is 2. The summed E-state index contributed by atoms with van der Waals surface area (Å²) in [6.45, 7) is 1.26. The molecule has 5 N–H and O–H groups in total. The lowest BCUT2D eigenvalue weighted by molar-refractivity contribution is -0.150. The molecule has 186 valence electrons. The van der Waals surface area contributed by atoms with Gasteiger partial charge in [0.2, 0.25) is 10.0 Å². The summed E-state index contributed by atoms with van der Waals surface area (Å²) in [5.74, 6) is -1.56. The van der Waals surface area contributed by atoms with Crippen LogP contribution in [-0.2, 0) is 24.3 Å². The number of amides is 2. The summed E-state index contributed by atoms with van der Waals surface area (Å²) in [6, 6.07) is 12.1. The van der Waals surface area contributed by atoms with E-state index in [0.29, 0.717) is 30.0 Å². The van der Waals surface area contributed by atoms with E-state index in [-0.39, 0.29) is 23.9 Å². The minimum Gasteiger partial charge on any atom is -0.384 e. The van der Waals surface area contributed by atoms with Crippen LogP contribution < -0.4 is 16.0 Å². The fraction of sp³-hybridized carbons (Fsp3) is 0.348. The summed E-state index contributed by atoms with van der Waals surface area (Å²) in [4.78, 5) is 27.1. The molecule has 2 atom stereocenters. The van der Waals surface area contributed by atoms with Gasteiger partial charge < -0.3 is 25.8 Å². The van der Waals surface area contributed by atoms with Gasteiger partial charge in [0.15, 0.2) is 12.2 Å². The second-order valence-corrected chi connectivity index (χ2v) is 10.2. The molecule has 0 spiro atoms. The monoisotopic (exact) mass is 501 g/mol. The van der Waals surface area contributed by atoms with Gasteiger partial charge >= 0.3 is 0 Å². The lowest BCUT2D eigenvalue weighted by Crippen LogP contribution is -2.55. The molecule has 2 aromatic carbocycles. The smallest absolute Gasteiger partial charge is 0.259 e. The number of morpholine rings is 1. The maximum Gasteiger partial charge on any atom is 0.259 e. The molecule has 0 aromatic heterocycles. The van der Waals surface area contributed by atoms with Crippen molar-refractivity contribution < 1.29 is 27.9 Å². The van der Waals surface area contributed by atoms with Crippen molar-refractivity contribution in [1.82, 2.24) is 4.31 Å². The van der Waals surface area contributed by atoms with E-state index in [9.17, 15) is 23.1 Å². The average molecular weight is 502 g/mol. The number of hydrogen-bond acceptors (Lipinski definition) is 7. The quantitative estimate of drug-likeness (QED) is 0.316. The Morgan fingerprint density at radius 3 is 2.31 bits per heavy atom. The van der Waals surface area contributed by atoms with Gasteiger partial charge in [-0.05, 0) is 61.4 Å². The van der Waals surface area contributed by atoms with Crippen molar-refractivity contribution >= 4 is 39.0 Å². The Kier molecular flexibility index (Phi) is 7.17. The number of benzene rings is 2. The molecule has 2 heterocycles. The molecule has 2 aliphatic heterocycles. The van der Waals surface area contributed by atoms with Crippen molar-refractivity contribution in [3.05, 3.63) is 54.1 Å². The number of carbonyl (C=O) groups is 2. The van der Waals surface area contributed by atoms with E-state index < -0.39 is 34.0 Å². The molecule has 2 fully saturated rings. The maximum absolute atomic E-state index is 13.0. The Hall–Kier alpha value is -3.32. The van der Waals surface area contributed by atoms with Crippen molar-refractivity contribution in [3.8, 4) is 0 Å². The molecule has 2 aromatic rings. The zero-order valence-electron chi connectivity index (χ0n) is 18.9. The Labute approximate surface area is 203 Å². The van der Waals surface area contributed by atoms with Gasteiger partial charge in [-0.1, -0.05) is 0 Å². The molecule has 12 heteroatoms. The van der Waals surface area contributed by atoms with Gasteiger partial charge in [0.25, 0.3) is 11.8 Å². The van der Waals surface area contributed by atoms with Gasteiger partial charge in [-0.3, -0.25) is 15.0 Å². The molecule has 2 aliphatic rings. The van der Waals surface area contributed by atoms with Crippen LogP contribution in [0, 0.1) is 5.41 Å². The molecule has 0 aliphatic carbocycles. The summed E-state index contributed by atoms with van der Waals surface area (Å²) in [5.41, 5.74) is 6.68. The van der Waals surface area contributed by atoms with Crippen LogP contribution >= 0.6 is 0 Å². The predicted octanol–water partition coefficient (Wildman–Crippen LogP) is 0.487. The first-order valence-corrected chi connectivity index (χ1v) is 12.6. The molecule has 1 unspecified atom stereocenters. The van der Waals surface area contributed by atoms with Crippen molar-refractivity contribution in [2.45, 2.75) is 29.9 Å². The third-order valence-corrected chi connectivity index (χ3v) is 7.90. The number of ether oxygens (including phenoxy) is 1. The number of aliphatic hydroxyl groups excluding tert-OH is 1. The second-order valence-electron chi connectivity index (χ2n) is 8.31. The van der Waals surface area contributed by atoms with Crippen LogP contribution in [-0.4, -0.2) is 73.9 Å². The number of amidine groups is 1. The zero-order chi connectivity index (χ0) is 25.2. The fourth-order valence-corrected chi connectivity index (χ4v) is 5.57. The van der Waals surface area contributed by atoms with Crippen molar-refractivity contribution in [3.63, 3.8) is 0 Å². The zero-order valence-corrected chi connectivity index (χ0v) is 19.7. The van der Waals surface area contributed by atoms with E-state index in [4.69, 9.17) is 15.9 Å². The Morgan fingerprint density at radius 2 is 1.71 bits per heavy atom. The van der Waals surface area contributed by atoms with Crippen LogP contribution in [0.4, 0.5) is 11.4 Å². The molecule has 11 nitrogen and oxygen atoms in total. The van der Waals surface area contributed by atoms with Crippen LogP contribution in [0.3, 0.4) is 0 Å². The third-order valence-electron chi connectivity index (χ3n) is 5.99. The van der Waals surface area contributed by atoms with E-state index >= 15 is 0 Å². The predicted molar refractivity (Wildman–Crippen MR) is 129 cm³/mol. The highest BCUT2D eigenvalue weighted by Gasteiger charge is 2.39. The number of hydrogen-bond donors (Lipinski definition) is 4. The topological polar surface area (TPSA) is 166 Å². The minimum atomic E-state index is -3.58. The maximum atomic E-state index is 13.0. The minimum absolute atomic E-state index is 0.0852. The van der Waals surface area contributed by atoms with E-state index in [1.165, 1.54) is 45.6 Å². The summed E-state index contributed by atoms with van der Waals surface area (Å²) < 4.78 is 32.3. The van der Waals surface area contributed by atoms with Crippen LogP contribution in [0.2, 0.25) is 0 Å². The van der Waals surface area contributed by atoms with E-state index in [1.54, 1.807) is 12.1 Å². The van der Waals surface area contributed by atoms with E-state index in [1.807, 2.05) is 0 Å². The highest BCUT2D eigenvalue weighted by molar-refractivity contribution is 7.89. The number of nitrogens with one attached hydrogen (secondary N) is 2. The van der Waals surface area contributed by atoms with E-state index in [2.05, 4.69) is 5.32 Å². The molecule has 35 heavy (non-hydrogen) atoms. The third kappa shape index (κ3) is 5.20. The first-order valence-electron chi connectivity index (χ1n) is 11.1. The highest BCUT2D eigenvalue weighted by atomic mass is 32.2. The van der Waals surface area contributed by atoms with Gasteiger partial charge in [0, 0.05) is 36.6 Å².